The summed E-state index contributed by atoms with van der Waals surface area (Å²) < 4.78 is 5.94. The molecule has 1 fully saturated rings. The van der Waals surface area contributed by atoms with Crippen LogP contribution in [-0.4, -0.2) is 44.7 Å². The van der Waals surface area contributed by atoms with E-state index < -0.39 is 0 Å². The lowest BCUT2D eigenvalue weighted by Gasteiger charge is -2.13. The van der Waals surface area contributed by atoms with Crippen LogP contribution in [0.5, 0.6) is 5.75 Å². The molecule has 1 saturated carbocycles. The Morgan fingerprint density at radius 2 is 1.89 bits per heavy atom. The zero-order chi connectivity index (χ0) is 18.9. The first kappa shape index (κ1) is 19.0. The molecule has 1 amide bonds. The first-order valence-corrected chi connectivity index (χ1v) is 9.68. The normalized spacial score (nSPS) is 14.0. The van der Waals surface area contributed by atoms with Crippen LogP contribution in [0.25, 0.3) is 10.8 Å². The molecular formula is C21H28N4O2. The summed E-state index contributed by atoms with van der Waals surface area (Å²) in [6.07, 6.45) is 2.05. The Kier molecular flexibility index (Phi) is 6.90. The van der Waals surface area contributed by atoms with Crippen molar-refractivity contribution in [3.05, 3.63) is 42.5 Å². The van der Waals surface area contributed by atoms with Crippen LogP contribution >= 0.6 is 0 Å². The summed E-state index contributed by atoms with van der Waals surface area (Å²) >= 11 is 0. The number of ether oxygens (including phenoxy) is 1. The van der Waals surface area contributed by atoms with Gasteiger partial charge in [0.05, 0.1) is 13.1 Å². The molecule has 0 unspecified atom stereocenters. The third kappa shape index (κ3) is 5.88. The van der Waals surface area contributed by atoms with Crippen molar-refractivity contribution < 1.29 is 9.53 Å². The van der Waals surface area contributed by atoms with Gasteiger partial charge in [0, 0.05) is 24.4 Å². The van der Waals surface area contributed by atoms with E-state index in [1.54, 1.807) is 0 Å². The Balaban J connectivity index is 1.42. The minimum Gasteiger partial charge on any atom is -0.491 e. The predicted molar refractivity (Wildman–Crippen MR) is 109 cm³/mol. The number of hydrogen-bond acceptors (Lipinski definition) is 3. The van der Waals surface area contributed by atoms with E-state index in [9.17, 15) is 4.79 Å². The van der Waals surface area contributed by atoms with Crippen molar-refractivity contribution in [1.82, 2.24) is 16.0 Å². The first-order valence-electron chi connectivity index (χ1n) is 9.68. The second-order valence-electron chi connectivity index (χ2n) is 6.58. The van der Waals surface area contributed by atoms with Gasteiger partial charge in [-0.1, -0.05) is 36.4 Å². The molecule has 27 heavy (non-hydrogen) atoms. The summed E-state index contributed by atoms with van der Waals surface area (Å²) in [5.41, 5.74) is 0. The number of amides is 1. The van der Waals surface area contributed by atoms with Gasteiger partial charge in [0.15, 0.2) is 5.96 Å². The maximum atomic E-state index is 11.6. The van der Waals surface area contributed by atoms with Crippen LogP contribution < -0.4 is 20.7 Å². The van der Waals surface area contributed by atoms with Crippen LogP contribution in [-0.2, 0) is 4.79 Å². The molecule has 0 aromatic heterocycles. The monoisotopic (exact) mass is 368 g/mol. The fourth-order valence-corrected chi connectivity index (χ4v) is 2.83. The molecular weight excluding hydrogens is 340 g/mol. The minimum atomic E-state index is 0.159. The van der Waals surface area contributed by atoms with Crippen molar-refractivity contribution in [3.8, 4) is 5.75 Å². The van der Waals surface area contributed by atoms with Gasteiger partial charge in [0.1, 0.15) is 12.4 Å². The van der Waals surface area contributed by atoms with E-state index in [0.29, 0.717) is 26.2 Å². The van der Waals surface area contributed by atoms with Crippen molar-refractivity contribution >= 4 is 22.6 Å². The van der Waals surface area contributed by atoms with E-state index in [-0.39, 0.29) is 11.8 Å². The maximum Gasteiger partial charge on any atom is 0.223 e. The summed E-state index contributed by atoms with van der Waals surface area (Å²) in [7, 11) is 0. The lowest BCUT2D eigenvalue weighted by Crippen LogP contribution is -2.40. The Morgan fingerprint density at radius 1 is 1.07 bits per heavy atom. The topological polar surface area (TPSA) is 74.8 Å². The molecule has 2 aromatic rings. The Morgan fingerprint density at radius 3 is 2.70 bits per heavy atom. The summed E-state index contributed by atoms with van der Waals surface area (Å²) in [5.74, 6) is 2.03. The number of nitrogens with zero attached hydrogens (tertiary/aromatic N) is 1. The number of carbonyl (C=O) groups is 1. The van der Waals surface area contributed by atoms with E-state index >= 15 is 0 Å². The zero-order valence-electron chi connectivity index (χ0n) is 15.8. The summed E-state index contributed by atoms with van der Waals surface area (Å²) in [6, 6.07) is 14.3. The van der Waals surface area contributed by atoms with Gasteiger partial charge in [-0.2, -0.15) is 0 Å². The average molecular weight is 368 g/mol. The Hall–Kier alpha value is -2.76. The van der Waals surface area contributed by atoms with Crippen molar-refractivity contribution in [2.45, 2.75) is 19.8 Å². The molecule has 0 radical (unpaired) electrons. The number of aliphatic imine (C=N–C) groups is 1. The van der Waals surface area contributed by atoms with Crippen LogP contribution in [0, 0.1) is 5.92 Å². The molecule has 1 aliphatic rings. The zero-order valence-corrected chi connectivity index (χ0v) is 15.8. The van der Waals surface area contributed by atoms with E-state index in [1.165, 1.54) is 5.39 Å². The van der Waals surface area contributed by atoms with Crippen molar-refractivity contribution in [2.75, 3.05) is 32.8 Å². The van der Waals surface area contributed by atoms with Gasteiger partial charge in [-0.05, 0) is 31.2 Å². The van der Waals surface area contributed by atoms with Crippen LogP contribution in [0.1, 0.15) is 19.8 Å². The Labute approximate surface area is 160 Å². The van der Waals surface area contributed by atoms with Gasteiger partial charge >= 0.3 is 0 Å². The standard InChI is InChI=1S/C21H28N4O2/c1-2-22-21(24-13-12-23-20(26)17-10-11-17)25-14-15-27-19-9-5-7-16-6-3-4-8-18(16)19/h3-9,17H,2,10-15H2,1H3,(H,23,26)(H2,22,24,25). The highest BCUT2D eigenvalue weighted by Crippen LogP contribution is 2.28. The van der Waals surface area contributed by atoms with Crippen molar-refractivity contribution in [2.24, 2.45) is 10.9 Å². The summed E-state index contributed by atoms with van der Waals surface area (Å²) in [4.78, 5) is 16.1. The van der Waals surface area contributed by atoms with Gasteiger partial charge in [-0.25, -0.2) is 0 Å². The molecule has 0 saturated heterocycles. The lowest BCUT2D eigenvalue weighted by molar-refractivity contribution is -0.122. The molecule has 0 aliphatic heterocycles. The fraction of sp³-hybridized carbons (Fsp3) is 0.429. The van der Waals surface area contributed by atoms with Crippen LogP contribution in [0.2, 0.25) is 0 Å². The average Bonchev–Trinajstić information content (AvgIpc) is 3.53. The lowest BCUT2D eigenvalue weighted by atomic mass is 10.1. The summed E-state index contributed by atoms with van der Waals surface area (Å²) in [5, 5.41) is 11.7. The molecule has 3 rings (SSSR count). The van der Waals surface area contributed by atoms with Gasteiger partial charge in [-0.3, -0.25) is 9.79 Å². The van der Waals surface area contributed by atoms with E-state index in [4.69, 9.17) is 4.74 Å². The highest BCUT2D eigenvalue weighted by Gasteiger charge is 2.28. The molecule has 0 atom stereocenters. The molecule has 2 aromatic carbocycles. The smallest absolute Gasteiger partial charge is 0.223 e. The van der Waals surface area contributed by atoms with E-state index in [0.717, 1.165) is 36.5 Å². The van der Waals surface area contributed by atoms with Gasteiger partial charge in [0.2, 0.25) is 5.91 Å². The number of benzene rings is 2. The molecule has 144 valence electrons. The highest BCUT2D eigenvalue weighted by molar-refractivity contribution is 5.88. The third-order valence-corrected chi connectivity index (χ3v) is 4.38. The minimum absolute atomic E-state index is 0.159. The second-order valence-corrected chi connectivity index (χ2v) is 6.58. The molecule has 0 bridgehead atoms. The second kappa shape index (κ2) is 9.80. The predicted octanol–water partition coefficient (Wildman–Crippen LogP) is 2.30. The molecule has 1 aliphatic carbocycles. The number of nitrogens with one attached hydrogen (secondary N) is 3. The molecule has 0 spiro atoms. The number of hydrogen-bond donors (Lipinski definition) is 3. The highest BCUT2D eigenvalue weighted by atomic mass is 16.5. The number of carbonyl (C=O) groups excluding carboxylic acids is 1. The first-order chi connectivity index (χ1) is 13.3. The largest absolute Gasteiger partial charge is 0.491 e. The van der Waals surface area contributed by atoms with Gasteiger partial charge in [0.25, 0.3) is 0 Å². The molecule has 6 nitrogen and oxygen atoms in total. The molecule has 3 N–H and O–H groups in total. The van der Waals surface area contributed by atoms with Gasteiger partial charge < -0.3 is 20.7 Å². The number of guanidine groups is 1. The SMILES string of the molecule is CCNC(=NCCNC(=O)C1CC1)NCCOc1cccc2ccccc12. The van der Waals surface area contributed by atoms with E-state index in [2.05, 4.69) is 39.1 Å². The molecule has 0 heterocycles. The van der Waals surface area contributed by atoms with Crippen LogP contribution in [0.15, 0.2) is 47.5 Å². The molecule has 6 heteroatoms. The maximum absolute atomic E-state index is 11.6. The van der Waals surface area contributed by atoms with Crippen LogP contribution in [0.4, 0.5) is 0 Å². The van der Waals surface area contributed by atoms with E-state index in [1.807, 2.05) is 31.2 Å². The van der Waals surface area contributed by atoms with Crippen LogP contribution in [0.3, 0.4) is 0 Å². The van der Waals surface area contributed by atoms with Gasteiger partial charge in [-0.15, -0.1) is 0 Å². The number of fused-ring (bicyclic) bond motifs is 1. The quantitative estimate of drug-likeness (QED) is 0.361. The number of rotatable bonds is 9. The van der Waals surface area contributed by atoms with Crippen molar-refractivity contribution in [3.63, 3.8) is 0 Å². The Bertz CT molecular complexity index is 781. The van der Waals surface area contributed by atoms with Crippen molar-refractivity contribution in [1.29, 1.82) is 0 Å². The fourth-order valence-electron chi connectivity index (χ4n) is 2.83. The third-order valence-electron chi connectivity index (χ3n) is 4.38. The summed E-state index contributed by atoms with van der Waals surface area (Å²) in [6.45, 7) is 5.11.